The number of amides is 2. The molecule has 0 aliphatic rings. The molecule has 6 nitrogen and oxygen atoms in total. The summed E-state index contributed by atoms with van der Waals surface area (Å²) in [6.45, 7) is 5.62. The molecular formula is C19H28N2O4. The molecule has 2 atom stereocenters. The maximum Gasteiger partial charge on any atom is 0.326 e. The van der Waals surface area contributed by atoms with E-state index in [2.05, 4.69) is 17.6 Å². The largest absolute Gasteiger partial charge is 0.480 e. The van der Waals surface area contributed by atoms with Crippen LogP contribution in [0, 0.1) is 5.92 Å². The Hall–Kier alpha value is -2.37. The summed E-state index contributed by atoms with van der Waals surface area (Å²) < 4.78 is 0. The van der Waals surface area contributed by atoms with Crippen LogP contribution in [0.1, 0.15) is 51.5 Å². The normalized spacial score (nSPS) is 13.1. The lowest BCUT2D eigenvalue weighted by molar-refractivity contribution is -0.142. The van der Waals surface area contributed by atoms with Gasteiger partial charge in [-0.25, -0.2) is 4.79 Å². The summed E-state index contributed by atoms with van der Waals surface area (Å²) in [5, 5.41) is 14.1. The minimum absolute atomic E-state index is 0.149. The van der Waals surface area contributed by atoms with Gasteiger partial charge < -0.3 is 15.7 Å². The van der Waals surface area contributed by atoms with Crippen LogP contribution in [0.4, 0.5) is 0 Å². The fraction of sp³-hybridized carbons (Fsp3) is 0.526. The van der Waals surface area contributed by atoms with Crippen LogP contribution in [0.25, 0.3) is 0 Å². The molecule has 0 aromatic heterocycles. The zero-order chi connectivity index (χ0) is 18.8. The van der Waals surface area contributed by atoms with Crippen molar-refractivity contribution < 1.29 is 19.5 Å². The van der Waals surface area contributed by atoms with E-state index in [9.17, 15) is 14.4 Å². The predicted molar refractivity (Wildman–Crippen MR) is 96.1 cm³/mol. The second kappa shape index (κ2) is 10.5. The number of carbonyl (C=O) groups excluding carboxylic acids is 2. The van der Waals surface area contributed by atoms with Gasteiger partial charge in [0.1, 0.15) is 6.04 Å². The van der Waals surface area contributed by atoms with E-state index in [0.29, 0.717) is 19.3 Å². The molecule has 2 amide bonds. The third-order valence-corrected chi connectivity index (χ3v) is 3.96. The van der Waals surface area contributed by atoms with Crippen molar-refractivity contribution in [3.05, 3.63) is 35.9 Å². The Kier molecular flexibility index (Phi) is 8.67. The fourth-order valence-electron chi connectivity index (χ4n) is 2.50. The topological polar surface area (TPSA) is 95.5 Å². The van der Waals surface area contributed by atoms with E-state index in [-0.39, 0.29) is 24.3 Å². The zero-order valence-corrected chi connectivity index (χ0v) is 15.1. The van der Waals surface area contributed by atoms with Gasteiger partial charge in [-0.15, -0.1) is 0 Å². The molecule has 1 aromatic carbocycles. The van der Waals surface area contributed by atoms with Crippen LogP contribution in [-0.2, 0) is 14.4 Å². The molecule has 1 rings (SSSR count). The van der Waals surface area contributed by atoms with Gasteiger partial charge in [-0.3, -0.25) is 9.59 Å². The van der Waals surface area contributed by atoms with E-state index in [1.54, 1.807) is 0 Å². The van der Waals surface area contributed by atoms with Gasteiger partial charge in [0.25, 0.3) is 0 Å². The molecule has 1 unspecified atom stereocenters. The Bertz CT molecular complexity index is 572. The van der Waals surface area contributed by atoms with Crippen LogP contribution in [0.15, 0.2) is 30.3 Å². The molecule has 138 valence electrons. The highest BCUT2D eigenvalue weighted by Gasteiger charge is 2.21. The summed E-state index contributed by atoms with van der Waals surface area (Å²) in [7, 11) is 0. The first-order valence-electron chi connectivity index (χ1n) is 8.63. The van der Waals surface area contributed by atoms with Crippen LogP contribution in [0.3, 0.4) is 0 Å². The third-order valence-electron chi connectivity index (χ3n) is 3.96. The first kappa shape index (κ1) is 20.7. The number of benzene rings is 1. The van der Waals surface area contributed by atoms with Crippen molar-refractivity contribution in [3.8, 4) is 0 Å². The molecule has 0 saturated carbocycles. The summed E-state index contributed by atoms with van der Waals surface area (Å²) in [5.41, 5.74) is 1.17. The molecule has 0 aliphatic heterocycles. The van der Waals surface area contributed by atoms with Crippen molar-refractivity contribution >= 4 is 17.8 Å². The van der Waals surface area contributed by atoms with Crippen molar-refractivity contribution in [2.75, 3.05) is 6.54 Å². The van der Waals surface area contributed by atoms with E-state index in [0.717, 1.165) is 0 Å². The van der Waals surface area contributed by atoms with Crippen LogP contribution in [0.5, 0.6) is 0 Å². The van der Waals surface area contributed by atoms with Gasteiger partial charge >= 0.3 is 5.97 Å². The van der Waals surface area contributed by atoms with Crippen LogP contribution in [-0.4, -0.2) is 35.5 Å². The molecule has 0 bridgehead atoms. The summed E-state index contributed by atoms with van der Waals surface area (Å²) in [5.74, 6) is -1.37. The summed E-state index contributed by atoms with van der Waals surface area (Å²) in [4.78, 5) is 34.8. The molecule has 0 aliphatic carbocycles. The summed E-state index contributed by atoms with van der Waals surface area (Å²) in [6, 6.07) is 9.00. The fourth-order valence-corrected chi connectivity index (χ4v) is 2.50. The number of carboxylic acid groups (broad SMARTS) is 1. The van der Waals surface area contributed by atoms with Crippen LogP contribution < -0.4 is 10.6 Å². The van der Waals surface area contributed by atoms with Crippen molar-refractivity contribution in [2.45, 2.75) is 52.0 Å². The quantitative estimate of drug-likeness (QED) is 0.604. The number of rotatable bonds is 10. The Morgan fingerprint density at radius 2 is 1.68 bits per heavy atom. The van der Waals surface area contributed by atoms with E-state index >= 15 is 0 Å². The Labute approximate surface area is 149 Å². The van der Waals surface area contributed by atoms with Crippen molar-refractivity contribution in [2.24, 2.45) is 5.92 Å². The number of hydrogen-bond donors (Lipinski definition) is 3. The minimum Gasteiger partial charge on any atom is -0.480 e. The van der Waals surface area contributed by atoms with Crippen molar-refractivity contribution in [3.63, 3.8) is 0 Å². The van der Waals surface area contributed by atoms with E-state index in [1.807, 2.05) is 44.2 Å². The first-order chi connectivity index (χ1) is 11.8. The number of carboxylic acids is 1. The second-order valence-electron chi connectivity index (χ2n) is 6.72. The number of hydrogen-bond acceptors (Lipinski definition) is 3. The number of carbonyl (C=O) groups is 3. The molecule has 0 fully saturated rings. The molecule has 6 heteroatoms. The monoisotopic (exact) mass is 348 g/mol. The maximum absolute atomic E-state index is 11.9. The Morgan fingerprint density at radius 3 is 2.24 bits per heavy atom. The van der Waals surface area contributed by atoms with Crippen molar-refractivity contribution in [1.82, 2.24) is 10.6 Å². The number of aliphatic carboxylic acids is 1. The van der Waals surface area contributed by atoms with Crippen molar-refractivity contribution in [1.29, 1.82) is 0 Å². The molecule has 0 saturated heterocycles. The molecule has 0 spiro atoms. The molecule has 3 N–H and O–H groups in total. The average Bonchev–Trinajstić information content (AvgIpc) is 2.57. The maximum atomic E-state index is 11.9. The first-order valence-corrected chi connectivity index (χ1v) is 8.63. The van der Waals surface area contributed by atoms with Gasteiger partial charge in [-0.1, -0.05) is 51.1 Å². The van der Waals surface area contributed by atoms with Gasteiger partial charge in [0.2, 0.25) is 11.8 Å². The van der Waals surface area contributed by atoms with Gasteiger partial charge in [-0.05, 0) is 30.2 Å². The Morgan fingerprint density at radius 1 is 1.04 bits per heavy atom. The molecule has 25 heavy (non-hydrogen) atoms. The second-order valence-corrected chi connectivity index (χ2v) is 6.72. The molecular weight excluding hydrogens is 320 g/mol. The average molecular weight is 348 g/mol. The zero-order valence-electron chi connectivity index (χ0n) is 15.1. The van der Waals surface area contributed by atoms with Crippen LogP contribution in [0.2, 0.25) is 0 Å². The summed E-state index contributed by atoms with van der Waals surface area (Å²) >= 11 is 0. The minimum atomic E-state index is -1.06. The lowest BCUT2D eigenvalue weighted by Crippen LogP contribution is -2.46. The lowest BCUT2D eigenvalue weighted by atomic mass is 9.96. The highest BCUT2D eigenvalue weighted by molar-refractivity contribution is 5.87. The lowest BCUT2D eigenvalue weighted by Gasteiger charge is -2.16. The SMILES string of the molecule is CC(C)C[C@H](NC(=O)CNC(=O)CCC(C)c1ccccc1)C(=O)O. The standard InChI is InChI=1S/C19H28N2O4/c1-13(2)11-16(19(24)25)21-18(23)12-20-17(22)10-9-14(3)15-7-5-4-6-8-15/h4-8,13-14,16H,9-12H2,1-3H3,(H,20,22)(H,21,23)(H,24,25)/t14?,16-/m0/s1. The Balaban J connectivity index is 2.33. The van der Waals surface area contributed by atoms with Gasteiger partial charge in [-0.2, -0.15) is 0 Å². The summed E-state index contributed by atoms with van der Waals surface area (Å²) in [6.07, 6.45) is 1.35. The predicted octanol–water partition coefficient (Wildman–Crippen LogP) is 2.30. The molecule has 0 radical (unpaired) electrons. The smallest absolute Gasteiger partial charge is 0.326 e. The van der Waals surface area contributed by atoms with E-state index in [4.69, 9.17) is 5.11 Å². The molecule has 0 heterocycles. The highest BCUT2D eigenvalue weighted by atomic mass is 16.4. The van der Waals surface area contributed by atoms with E-state index < -0.39 is 17.9 Å². The highest BCUT2D eigenvalue weighted by Crippen LogP contribution is 2.19. The van der Waals surface area contributed by atoms with E-state index in [1.165, 1.54) is 5.56 Å². The van der Waals surface area contributed by atoms with Gasteiger partial charge in [0, 0.05) is 6.42 Å². The van der Waals surface area contributed by atoms with Gasteiger partial charge in [0.15, 0.2) is 0 Å². The van der Waals surface area contributed by atoms with Crippen LogP contribution >= 0.6 is 0 Å². The third kappa shape index (κ3) is 8.33. The number of nitrogens with one attached hydrogen (secondary N) is 2. The molecule has 1 aromatic rings. The van der Waals surface area contributed by atoms with Gasteiger partial charge in [0.05, 0.1) is 6.54 Å².